The molecule has 2 heteroatoms. The summed E-state index contributed by atoms with van der Waals surface area (Å²) in [6.45, 7) is 4.60. The molecule has 0 aromatic carbocycles. The number of ketones is 1. The molecular formula is C19H26O2. The van der Waals surface area contributed by atoms with Crippen LogP contribution < -0.4 is 0 Å². The Labute approximate surface area is 127 Å². The Morgan fingerprint density at radius 3 is 2.81 bits per heavy atom. The van der Waals surface area contributed by atoms with E-state index in [0.717, 1.165) is 32.1 Å². The van der Waals surface area contributed by atoms with Crippen LogP contribution >= 0.6 is 0 Å². The van der Waals surface area contributed by atoms with E-state index in [2.05, 4.69) is 26.0 Å². The molecule has 0 aromatic rings. The third-order valence-corrected chi connectivity index (χ3v) is 7.22. The average molecular weight is 286 g/mol. The van der Waals surface area contributed by atoms with Gasteiger partial charge in [-0.1, -0.05) is 30.2 Å². The van der Waals surface area contributed by atoms with Gasteiger partial charge in [0.05, 0.1) is 6.10 Å². The zero-order valence-electron chi connectivity index (χ0n) is 13.2. The topological polar surface area (TPSA) is 37.3 Å². The van der Waals surface area contributed by atoms with Crippen molar-refractivity contribution in [2.75, 3.05) is 0 Å². The second-order valence-electron chi connectivity index (χ2n) is 8.15. The highest BCUT2D eigenvalue weighted by molar-refractivity contribution is 5.92. The summed E-state index contributed by atoms with van der Waals surface area (Å²) in [5, 5.41) is 9.99. The van der Waals surface area contributed by atoms with Gasteiger partial charge in [-0.05, 0) is 62.7 Å². The number of aliphatic hydroxyl groups is 1. The molecule has 0 radical (unpaired) electrons. The maximum Gasteiger partial charge on any atom is 0.146 e. The van der Waals surface area contributed by atoms with Crippen LogP contribution in [-0.4, -0.2) is 17.0 Å². The van der Waals surface area contributed by atoms with Crippen LogP contribution in [0.25, 0.3) is 0 Å². The van der Waals surface area contributed by atoms with Crippen LogP contribution in [0, 0.1) is 22.7 Å². The molecule has 0 spiro atoms. The van der Waals surface area contributed by atoms with Crippen molar-refractivity contribution in [1.29, 1.82) is 0 Å². The molecule has 0 aliphatic heterocycles. The lowest BCUT2D eigenvalue weighted by molar-refractivity contribution is -0.126. The van der Waals surface area contributed by atoms with Gasteiger partial charge in [0.15, 0.2) is 0 Å². The van der Waals surface area contributed by atoms with E-state index in [4.69, 9.17) is 0 Å². The first-order chi connectivity index (χ1) is 9.95. The molecular weight excluding hydrogens is 260 g/mol. The first kappa shape index (κ1) is 13.8. The van der Waals surface area contributed by atoms with E-state index < -0.39 is 0 Å². The van der Waals surface area contributed by atoms with E-state index in [1.54, 1.807) is 0 Å². The third-order valence-electron chi connectivity index (χ3n) is 7.22. The van der Waals surface area contributed by atoms with Gasteiger partial charge >= 0.3 is 0 Å². The molecule has 4 aliphatic carbocycles. The molecule has 4 aliphatic rings. The number of Topliss-reactive ketones (excluding diaryl/α,β-unsaturated/α-hetero) is 1. The van der Waals surface area contributed by atoms with E-state index in [9.17, 15) is 9.90 Å². The van der Waals surface area contributed by atoms with Crippen LogP contribution in [-0.2, 0) is 4.79 Å². The largest absolute Gasteiger partial charge is 0.393 e. The van der Waals surface area contributed by atoms with Gasteiger partial charge < -0.3 is 5.11 Å². The number of carbonyl (C=O) groups is 1. The molecule has 0 saturated heterocycles. The molecule has 0 bridgehead atoms. The minimum Gasteiger partial charge on any atom is -0.393 e. The van der Waals surface area contributed by atoms with Gasteiger partial charge in [0.1, 0.15) is 5.78 Å². The van der Waals surface area contributed by atoms with Gasteiger partial charge in [-0.2, -0.15) is 0 Å². The summed E-state index contributed by atoms with van der Waals surface area (Å²) in [6.07, 6.45) is 11.4. The highest BCUT2D eigenvalue weighted by atomic mass is 16.3. The monoisotopic (exact) mass is 286 g/mol. The van der Waals surface area contributed by atoms with Crippen LogP contribution in [0.1, 0.15) is 58.8 Å². The fraction of sp³-hybridized carbons (Fsp3) is 0.737. The van der Waals surface area contributed by atoms with Gasteiger partial charge in [0, 0.05) is 11.8 Å². The molecule has 0 unspecified atom stereocenters. The van der Waals surface area contributed by atoms with Crippen molar-refractivity contribution in [3.63, 3.8) is 0 Å². The van der Waals surface area contributed by atoms with Crippen LogP contribution in [0.2, 0.25) is 0 Å². The summed E-state index contributed by atoms with van der Waals surface area (Å²) in [7, 11) is 0. The Hall–Kier alpha value is -0.890. The second kappa shape index (κ2) is 4.32. The number of aliphatic hydroxyl groups excluding tert-OH is 1. The normalized spacial score (nSPS) is 48.9. The molecule has 2 fully saturated rings. The fourth-order valence-electron chi connectivity index (χ4n) is 5.80. The average Bonchev–Trinajstić information content (AvgIpc) is 2.76. The molecule has 5 atom stereocenters. The quantitative estimate of drug-likeness (QED) is 0.688. The number of allylic oxidation sites excluding steroid dienone is 3. The van der Waals surface area contributed by atoms with Crippen LogP contribution in [0.4, 0.5) is 0 Å². The predicted octanol–water partition coefficient (Wildman–Crippen LogP) is 3.80. The smallest absolute Gasteiger partial charge is 0.146 e. The van der Waals surface area contributed by atoms with Gasteiger partial charge in [-0.15, -0.1) is 0 Å². The summed E-state index contributed by atoms with van der Waals surface area (Å²) in [4.78, 5) is 12.3. The number of hydrogen-bond donors (Lipinski definition) is 1. The van der Waals surface area contributed by atoms with Crippen LogP contribution in [0.3, 0.4) is 0 Å². The van der Waals surface area contributed by atoms with Crippen molar-refractivity contribution >= 4 is 5.78 Å². The molecule has 0 heterocycles. The van der Waals surface area contributed by atoms with E-state index >= 15 is 0 Å². The summed E-state index contributed by atoms with van der Waals surface area (Å²) in [6, 6.07) is 0. The molecule has 0 aromatic heterocycles. The highest BCUT2D eigenvalue weighted by Gasteiger charge is 2.55. The van der Waals surface area contributed by atoms with Gasteiger partial charge in [0.2, 0.25) is 0 Å². The molecule has 0 amide bonds. The molecule has 4 rings (SSSR count). The Balaban J connectivity index is 1.73. The number of carbonyl (C=O) groups excluding carboxylic acids is 1. The third kappa shape index (κ3) is 1.72. The Kier molecular flexibility index (Phi) is 2.83. The molecule has 21 heavy (non-hydrogen) atoms. The Bertz CT molecular complexity index is 558. The lowest BCUT2D eigenvalue weighted by Crippen LogP contribution is -2.47. The number of fused-ring (bicyclic) bond motifs is 5. The van der Waals surface area contributed by atoms with E-state index in [1.807, 2.05) is 0 Å². The number of rotatable bonds is 0. The lowest BCUT2D eigenvalue weighted by atomic mass is 9.49. The predicted molar refractivity (Wildman–Crippen MR) is 82.7 cm³/mol. The lowest BCUT2D eigenvalue weighted by Gasteiger charge is -2.55. The number of hydrogen-bond acceptors (Lipinski definition) is 2. The van der Waals surface area contributed by atoms with Crippen molar-refractivity contribution in [2.45, 2.75) is 64.9 Å². The summed E-state index contributed by atoms with van der Waals surface area (Å²) in [5.41, 5.74) is 3.05. The molecule has 2 nitrogen and oxygen atoms in total. The highest BCUT2D eigenvalue weighted by Crippen LogP contribution is 2.62. The maximum absolute atomic E-state index is 12.3. The van der Waals surface area contributed by atoms with Crippen molar-refractivity contribution in [2.24, 2.45) is 22.7 Å². The molecule has 114 valence electrons. The zero-order valence-corrected chi connectivity index (χ0v) is 13.2. The van der Waals surface area contributed by atoms with Gasteiger partial charge in [-0.3, -0.25) is 4.79 Å². The minimum absolute atomic E-state index is 0.137. The van der Waals surface area contributed by atoms with Gasteiger partial charge in [-0.25, -0.2) is 0 Å². The maximum atomic E-state index is 12.3. The van der Waals surface area contributed by atoms with Crippen molar-refractivity contribution < 1.29 is 9.90 Å². The van der Waals surface area contributed by atoms with E-state index in [1.165, 1.54) is 17.6 Å². The van der Waals surface area contributed by atoms with E-state index in [0.29, 0.717) is 24.0 Å². The summed E-state index contributed by atoms with van der Waals surface area (Å²) in [5.74, 6) is 1.68. The first-order valence-corrected chi connectivity index (χ1v) is 8.56. The van der Waals surface area contributed by atoms with E-state index in [-0.39, 0.29) is 16.9 Å². The molecule has 1 N–H and O–H groups in total. The fourth-order valence-corrected chi connectivity index (χ4v) is 5.80. The first-order valence-electron chi connectivity index (χ1n) is 8.56. The van der Waals surface area contributed by atoms with Gasteiger partial charge in [0.25, 0.3) is 0 Å². The zero-order chi connectivity index (χ0) is 14.8. The second-order valence-corrected chi connectivity index (χ2v) is 8.15. The standard InChI is InChI=1S/C19H26O2/c1-18-9-7-13(20)11-12(18)3-4-14-15-5-6-17(21)19(15,2)10-8-16(14)18/h3,5,13-14,16,20H,4,6-11H2,1-2H3/t13-,14-,16+,18-,19-/m0/s1. The SMILES string of the molecule is C[C@]12CC[C@@H]3[C@@H](CC=C4C[C@@H](O)CC[C@@]43C)C1=CCC2=O. The van der Waals surface area contributed by atoms with Crippen LogP contribution in [0.5, 0.6) is 0 Å². The van der Waals surface area contributed by atoms with Crippen LogP contribution in [0.15, 0.2) is 23.3 Å². The Morgan fingerprint density at radius 2 is 2.00 bits per heavy atom. The van der Waals surface area contributed by atoms with Crippen molar-refractivity contribution in [3.8, 4) is 0 Å². The summed E-state index contributed by atoms with van der Waals surface area (Å²) < 4.78 is 0. The van der Waals surface area contributed by atoms with Crippen molar-refractivity contribution in [1.82, 2.24) is 0 Å². The Morgan fingerprint density at radius 1 is 1.19 bits per heavy atom. The minimum atomic E-state index is -0.156. The summed E-state index contributed by atoms with van der Waals surface area (Å²) >= 11 is 0. The van der Waals surface area contributed by atoms with Crippen molar-refractivity contribution in [3.05, 3.63) is 23.3 Å². The molecule has 2 saturated carbocycles.